The molecule has 1 atom stereocenters. The summed E-state index contributed by atoms with van der Waals surface area (Å²) in [5.74, 6) is 0.600. The first-order chi connectivity index (χ1) is 12.2. The van der Waals surface area contributed by atoms with Crippen LogP contribution in [0.2, 0.25) is 0 Å². The lowest BCUT2D eigenvalue weighted by Crippen LogP contribution is -2.42. The van der Waals surface area contributed by atoms with Crippen LogP contribution in [0.15, 0.2) is 18.5 Å². The zero-order valence-corrected chi connectivity index (χ0v) is 15.2. The summed E-state index contributed by atoms with van der Waals surface area (Å²) in [7, 11) is 0. The van der Waals surface area contributed by atoms with Crippen molar-refractivity contribution in [3.8, 4) is 0 Å². The number of ether oxygens (including phenoxy) is 1. The normalized spacial score (nSPS) is 21.7. The first-order valence-corrected chi connectivity index (χ1v) is 9.50. The lowest BCUT2D eigenvalue weighted by molar-refractivity contribution is 0.0518. The Balaban J connectivity index is 1.44. The van der Waals surface area contributed by atoms with E-state index < -0.39 is 0 Å². The Hall–Kier alpha value is -1.82. The van der Waals surface area contributed by atoms with E-state index >= 15 is 0 Å². The van der Waals surface area contributed by atoms with Crippen molar-refractivity contribution >= 4 is 11.7 Å². The van der Waals surface area contributed by atoms with E-state index in [9.17, 15) is 4.79 Å². The summed E-state index contributed by atoms with van der Waals surface area (Å²) in [5, 5.41) is 3.10. The molecule has 2 aliphatic rings. The molecule has 0 radical (unpaired) electrons. The molecule has 3 rings (SSSR count). The number of aromatic nitrogens is 1. The molecule has 138 valence electrons. The van der Waals surface area contributed by atoms with Gasteiger partial charge in [0, 0.05) is 64.0 Å². The highest BCUT2D eigenvalue weighted by Gasteiger charge is 2.20. The largest absolute Gasteiger partial charge is 0.381 e. The Morgan fingerprint density at radius 1 is 1.32 bits per heavy atom. The third-order valence-corrected chi connectivity index (χ3v) is 5.20. The van der Waals surface area contributed by atoms with Crippen LogP contribution in [0.4, 0.5) is 10.5 Å². The number of nitrogens with one attached hydrogen (secondary N) is 1. The van der Waals surface area contributed by atoms with Crippen molar-refractivity contribution in [1.82, 2.24) is 15.2 Å². The molecule has 1 aromatic rings. The third kappa shape index (κ3) is 5.08. The molecule has 0 bridgehead atoms. The van der Waals surface area contributed by atoms with E-state index in [0.29, 0.717) is 5.92 Å². The maximum absolute atomic E-state index is 12.5. The molecular weight excluding hydrogens is 316 g/mol. The number of aryl methyl sites for hydroxylation is 1. The molecule has 2 saturated heterocycles. The second kappa shape index (κ2) is 9.04. The highest BCUT2D eigenvalue weighted by Crippen LogP contribution is 2.20. The van der Waals surface area contributed by atoms with Gasteiger partial charge in [0.1, 0.15) is 0 Å². The molecule has 2 fully saturated rings. The number of amides is 2. The maximum atomic E-state index is 12.5. The van der Waals surface area contributed by atoms with Gasteiger partial charge in [-0.25, -0.2) is 4.79 Å². The van der Waals surface area contributed by atoms with Gasteiger partial charge in [0.25, 0.3) is 0 Å². The van der Waals surface area contributed by atoms with Gasteiger partial charge in [0.05, 0.1) is 0 Å². The lowest BCUT2D eigenvalue weighted by atomic mass is 9.99. The highest BCUT2D eigenvalue weighted by atomic mass is 16.5. The first kappa shape index (κ1) is 18.0. The summed E-state index contributed by atoms with van der Waals surface area (Å²) in [6.07, 6.45) is 8.12. The number of nitrogens with zero attached hydrogens (tertiary/aromatic N) is 3. The first-order valence-electron chi connectivity index (χ1n) is 9.50. The zero-order valence-electron chi connectivity index (χ0n) is 15.2. The van der Waals surface area contributed by atoms with Crippen LogP contribution in [-0.2, 0) is 4.74 Å². The minimum absolute atomic E-state index is 0.0741. The number of urea groups is 1. The minimum atomic E-state index is 0.0741. The smallest absolute Gasteiger partial charge is 0.317 e. The number of hydrogen-bond acceptors (Lipinski definition) is 4. The fraction of sp³-hybridized carbons (Fsp3) is 0.684. The molecule has 2 amide bonds. The van der Waals surface area contributed by atoms with E-state index in [1.165, 1.54) is 17.7 Å². The quantitative estimate of drug-likeness (QED) is 0.910. The lowest BCUT2D eigenvalue weighted by Gasteiger charge is -2.25. The van der Waals surface area contributed by atoms with Gasteiger partial charge in [0.15, 0.2) is 0 Å². The van der Waals surface area contributed by atoms with Gasteiger partial charge in [-0.05, 0) is 50.2 Å². The Labute approximate surface area is 150 Å². The molecule has 25 heavy (non-hydrogen) atoms. The topological polar surface area (TPSA) is 57.7 Å². The van der Waals surface area contributed by atoms with Crippen molar-refractivity contribution in [1.29, 1.82) is 0 Å². The van der Waals surface area contributed by atoms with Crippen molar-refractivity contribution in [3.63, 3.8) is 0 Å². The summed E-state index contributed by atoms with van der Waals surface area (Å²) in [4.78, 5) is 20.9. The standard InChI is InChI=1S/C19H30N4O2/c1-16-14-20-7-6-18(16)22-9-3-10-23(12-11-22)19(24)21-8-5-17-4-2-13-25-15-17/h6-7,14,17H,2-5,8-13,15H2,1H3,(H,21,24)/t17-/m1/s1. The van der Waals surface area contributed by atoms with Gasteiger partial charge < -0.3 is 19.9 Å². The van der Waals surface area contributed by atoms with Gasteiger partial charge in [-0.1, -0.05) is 0 Å². The Kier molecular flexibility index (Phi) is 6.50. The molecule has 2 aliphatic heterocycles. The van der Waals surface area contributed by atoms with E-state index in [2.05, 4.69) is 28.2 Å². The van der Waals surface area contributed by atoms with Crippen molar-refractivity contribution in [2.75, 3.05) is 50.8 Å². The van der Waals surface area contributed by atoms with E-state index in [-0.39, 0.29) is 6.03 Å². The van der Waals surface area contributed by atoms with Gasteiger partial charge >= 0.3 is 6.03 Å². The van der Waals surface area contributed by atoms with Crippen LogP contribution in [0.25, 0.3) is 0 Å². The van der Waals surface area contributed by atoms with Crippen LogP contribution in [0.5, 0.6) is 0 Å². The monoisotopic (exact) mass is 346 g/mol. The molecule has 6 heteroatoms. The molecular formula is C19H30N4O2. The third-order valence-electron chi connectivity index (χ3n) is 5.20. The Bertz CT molecular complexity index is 560. The molecule has 1 N–H and O–H groups in total. The van der Waals surface area contributed by atoms with Crippen LogP contribution in [-0.4, -0.2) is 61.9 Å². The highest BCUT2D eigenvalue weighted by molar-refractivity contribution is 5.74. The molecule has 0 unspecified atom stereocenters. The van der Waals surface area contributed by atoms with E-state index in [1.807, 2.05) is 17.3 Å². The van der Waals surface area contributed by atoms with Gasteiger partial charge in [-0.15, -0.1) is 0 Å². The maximum Gasteiger partial charge on any atom is 0.317 e. The average Bonchev–Trinajstić information content (AvgIpc) is 2.89. The molecule has 6 nitrogen and oxygen atoms in total. The van der Waals surface area contributed by atoms with E-state index in [4.69, 9.17) is 4.74 Å². The number of pyridine rings is 1. The molecule has 0 spiro atoms. The molecule has 0 aliphatic carbocycles. The average molecular weight is 346 g/mol. The van der Waals surface area contributed by atoms with E-state index in [1.54, 1.807) is 0 Å². The zero-order chi connectivity index (χ0) is 17.5. The summed E-state index contributed by atoms with van der Waals surface area (Å²) in [5.41, 5.74) is 2.42. The molecule has 0 aromatic carbocycles. The molecule has 3 heterocycles. The summed E-state index contributed by atoms with van der Waals surface area (Å²) in [6, 6.07) is 2.14. The number of anilines is 1. The minimum Gasteiger partial charge on any atom is -0.381 e. The number of carbonyl (C=O) groups excluding carboxylic acids is 1. The van der Waals surface area contributed by atoms with Crippen molar-refractivity contribution < 1.29 is 9.53 Å². The van der Waals surface area contributed by atoms with Crippen molar-refractivity contribution in [2.45, 2.75) is 32.6 Å². The van der Waals surface area contributed by atoms with Crippen molar-refractivity contribution in [3.05, 3.63) is 24.0 Å². The summed E-state index contributed by atoms with van der Waals surface area (Å²) >= 11 is 0. The predicted molar refractivity (Wildman–Crippen MR) is 98.9 cm³/mol. The summed E-state index contributed by atoms with van der Waals surface area (Å²) in [6.45, 7) is 8.01. The van der Waals surface area contributed by atoms with Gasteiger partial charge in [-0.2, -0.15) is 0 Å². The van der Waals surface area contributed by atoms with Gasteiger partial charge in [-0.3, -0.25) is 4.98 Å². The predicted octanol–water partition coefficient (Wildman–Crippen LogP) is 2.43. The fourth-order valence-electron chi connectivity index (χ4n) is 3.71. The van der Waals surface area contributed by atoms with E-state index in [0.717, 1.165) is 65.2 Å². The fourth-order valence-corrected chi connectivity index (χ4v) is 3.71. The number of carbonyl (C=O) groups is 1. The molecule has 1 aromatic heterocycles. The van der Waals surface area contributed by atoms with Crippen LogP contribution < -0.4 is 10.2 Å². The van der Waals surface area contributed by atoms with Gasteiger partial charge in [0.2, 0.25) is 0 Å². The summed E-state index contributed by atoms with van der Waals surface area (Å²) < 4.78 is 5.50. The Morgan fingerprint density at radius 3 is 3.04 bits per heavy atom. The van der Waals surface area contributed by atoms with Crippen LogP contribution in [0.1, 0.15) is 31.2 Å². The second-order valence-electron chi connectivity index (χ2n) is 7.09. The second-order valence-corrected chi connectivity index (χ2v) is 7.09. The molecule has 0 saturated carbocycles. The number of rotatable bonds is 4. The number of hydrogen-bond donors (Lipinski definition) is 1. The van der Waals surface area contributed by atoms with Crippen LogP contribution >= 0.6 is 0 Å². The van der Waals surface area contributed by atoms with Crippen LogP contribution in [0.3, 0.4) is 0 Å². The Morgan fingerprint density at radius 2 is 2.24 bits per heavy atom. The SMILES string of the molecule is Cc1cnccc1N1CCCN(C(=O)NCC[C@H]2CCCOC2)CC1. The van der Waals surface area contributed by atoms with Crippen LogP contribution in [0, 0.1) is 12.8 Å². The van der Waals surface area contributed by atoms with Crippen molar-refractivity contribution in [2.24, 2.45) is 5.92 Å².